The summed E-state index contributed by atoms with van der Waals surface area (Å²) in [6.07, 6.45) is 1.43. The van der Waals surface area contributed by atoms with E-state index in [0.717, 1.165) is 16.7 Å². The van der Waals surface area contributed by atoms with Crippen molar-refractivity contribution in [2.45, 2.75) is 27.3 Å². The number of aryl methyl sites for hydroxylation is 2. The number of aromatic nitrogens is 2. The number of fused-ring (bicyclic) bond motifs is 1. The van der Waals surface area contributed by atoms with E-state index in [1.807, 2.05) is 50.4 Å². The molecule has 4 aromatic rings. The van der Waals surface area contributed by atoms with Crippen molar-refractivity contribution in [2.75, 3.05) is 11.9 Å². The summed E-state index contributed by atoms with van der Waals surface area (Å²) in [6.45, 7) is 6.31. The molecular weight excluding hydrogens is 410 g/mol. The second-order valence-corrected chi connectivity index (χ2v) is 8.16. The van der Waals surface area contributed by atoms with Crippen LogP contribution in [0.25, 0.3) is 21.3 Å². The van der Waals surface area contributed by atoms with Gasteiger partial charge in [0, 0.05) is 10.9 Å². The molecule has 2 heterocycles. The molecule has 0 fully saturated rings. The number of nitrogens with one attached hydrogen (secondary N) is 1. The molecule has 0 aliphatic carbocycles. The van der Waals surface area contributed by atoms with Crippen molar-refractivity contribution >= 4 is 33.1 Å². The highest BCUT2D eigenvalue weighted by atomic mass is 32.1. The van der Waals surface area contributed by atoms with Crippen molar-refractivity contribution in [3.63, 3.8) is 0 Å². The van der Waals surface area contributed by atoms with Gasteiger partial charge in [0.1, 0.15) is 17.1 Å². The van der Waals surface area contributed by atoms with Crippen molar-refractivity contribution in [3.8, 4) is 16.9 Å². The van der Waals surface area contributed by atoms with Crippen LogP contribution < -0.4 is 15.6 Å². The predicted molar refractivity (Wildman–Crippen MR) is 125 cm³/mol. The van der Waals surface area contributed by atoms with E-state index >= 15 is 0 Å². The van der Waals surface area contributed by atoms with E-state index in [2.05, 4.69) is 16.4 Å². The number of hydrogen-bond donors (Lipinski definition) is 1. The van der Waals surface area contributed by atoms with Crippen LogP contribution in [0, 0.1) is 13.8 Å². The lowest BCUT2D eigenvalue weighted by molar-refractivity contribution is -0.116. The van der Waals surface area contributed by atoms with E-state index in [9.17, 15) is 9.59 Å². The molecule has 31 heavy (non-hydrogen) atoms. The van der Waals surface area contributed by atoms with Gasteiger partial charge in [-0.05, 0) is 44.0 Å². The van der Waals surface area contributed by atoms with E-state index in [1.165, 1.54) is 27.8 Å². The summed E-state index contributed by atoms with van der Waals surface area (Å²) in [5.41, 5.74) is 4.47. The van der Waals surface area contributed by atoms with E-state index in [1.54, 1.807) is 12.1 Å². The molecule has 0 atom stereocenters. The number of rotatable bonds is 6. The minimum Gasteiger partial charge on any atom is -0.492 e. The lowest BCUT2D eigenvalue weighted by Crippen LogP contribution is -2.28. The molecular formula is C24H23N3O3S. The Kier molecular flexibility index (Phi) is 5.86. The Bertz CT molecular complexity index is 1320. The molecule has 0 saturated carbocycles. The zero-order chi connectivity index (χ0) is 22.0. The predicted octanol–water partition coefficient (Wildman–Crippen LogP) is 4.78. The zero-order valence-corrected chi connectivity index (χ0v) is 18.5. The van der Waals surface area contributed by atoms with Crippen LogP contribution in [0.4, 0.5) is 5.69 Å². The highest BCUT2D eigenvalue weighted by Gasteiger charge is 2.16. The van der Waals surface area contributed by atoms with Gasteiger partial charge in [-0.25, -0.2) is 4.98 Å². The lowest BCUT2D eigenvalue weighted by atomic mass is 9.99. The summed E-state index contributed by atoms with van der Waals surface area (Å²) < 4.78 is 6.90. The first-order chi connectivity index (χ1) is 15.0. The third-order valence-electron chi connectivity index (χ3n) is 5.01. The van der Waals surface area contributed by atoms with Gasteiger partial charge in [-0.15, -0.1) is 11.3 Å². The molecule has 0 spiro atoms. The highest BCUT2D eigenvalue weighted by molar-refractivity contribution is 7.17. The Balaban J connectivity index is 1.66. The number of carbonyl (C=O) groups is 1. The largest absolute Gasteiger partial charge is 0.492 e. The maximum atomic E-state index is 13.2. The number of amides is 1. The van der Waals surface area contributed by atoms with Crippen LogP contribution in [0.15, 0.2) is 59.0 Å². The molecule has 2 aromatic heterocycles. The van der Waals surface area contributed by atoms with Crippen molar-refractivity contribution < 1.29 is 9.53 Å². The fourth-order valence-electron chi connectivity index (χ4n) is 3.59. The van der Waals surface area contributed by atoms with Gasteiger partial charge in [-0.1, -0.05) is 35.9 Å². The lowest BCUT2D eigenvalue weighted by Gasteiger charge is -2.12. The maximum absolute atomic E-state index is 13.2. The molecule has 0 radical (unpaired) electrons. The van der Waals surface area contributed by atoms with E-state index in [-0.39, 0.29) is 18.0 Å². The van der Waals surface area contributed by atoms with Gasteiger partial charge in [0.25, 0.3) is 5.56 Å². The second-order valence-electron chi connectivity index (χ2n) is 7.30. The van der Waals surface area contributed by atoms with Crippen LogP contribution in [0.2, 0.25) is 0 Å². The topological polar surface area (TPSA) is 73.2 Å². The van der Waals surface area contributed by atoms with E-state index in [4.69, 9.17) is 4.74 Å². The molecule has 7 heteroatoms. The molecule has 0 unspecified atom stereocenters. The van der Waals surface area contributed by atoms with Crippen molar-refractivity contribution in [1.29, 1.82) is 0 Å². The molecule has 2 aromatic carbocycles. The Hall–Kier alpha value is -3.45. The monoisotopic (exact) mass is 433 g/mol. The van der Waals surface area contributed by atoms with Gasteiger partial charge in [0.05, 0.1) is 24.0 Å². The fourth-order valence-corrected chi connectivity index (χ4v) is 4.49. The zero-order valence-electron chi connectivity index (χ0n) is 17.6. The molecule has 6 nitrogen and oxygen atoms in total. The number of thiophene rings is 1. The quantitative estimate of drug-likeness (QED) is 0.475. The number of nitrogens with zero attached hydrogens (tertiary/aromatic N) is 2. The van der Waals surface area contributed by atoms with Crippen molar-refractivity contribution in [1.82, 2.24) is 9.55 Å². The van der Waals surface area contributed by atoms with Gasteiger partial charge >= 0.3 is 0 Å². The molecule has 0 aliphatic rings. The number of benzene rings is 2. The average molecular weight is 434 g/mol. The SMILES string of the molecule is CCOc1ccccc1NC(=O)Cn1cnc2scc(-c3ccc(C)cc3C)c2c1=O. The summed E-state index contributed by atoms with van der Waals surface area (Å²) in [5.74, 6) is 0.271. The molecule has 158 valence electrons. The number of para-hydroxylation sites is 2. The molecule has 0 aliphatic heterocycles. The van der Waals surface area contributed by atoms with Gasteiger partial charge < -0.3 is 10.1 Å². The fraction of sp³-hybridized carbons (Fsp3) is 0.208. The minimum atomic E-state index is -0.321. The Labute approximate surface area is 184 Å². The van der Waals surface area contributed by atoms with E-state index < -0.39 is 0 Å². The molecule has 1 amide bonds. The van der Waals surface area contributed by atoms with Gasteiger partial charge in [0.2, 0.25) is 5.91 Å². The van der Waals surface area contributed by atoms with Gasteiger partial charge in [-0.3, -0.25) is 14.2 Å². The number of carbonyl (C=O) groups excluding carboxylic acids is 1. The summed E-state index contributed by atoms with van der Waals surface area (Å²) >= 11 is 1.43. The third-order valence-corrected chi connectivity index (χ3v) is 5.89. The normalized spacial score (nSPS) is 10.9. The number of ether oxygens (including phenoxy) is 1. The van der Waals surface area contributed by atoms with Crippen LogP contribution in [-0.2, 0) is 11.3 Å². The third kappa shape index (κ3) is 4.22. The second kappa shape index (κ2) is 8.73. The maximum Gasteiger partial charge on any atom is 0.263 e. The summed E-state index contributed by atoms with van der Waals surface area (Å²) in [7, 11) is 0. The Morgan fingerprint density at radius 1 is 1.16 bits per heavy atom. The van der Waals surface area contributed by atoms with Crippen LogP contribution in [0.5, 0.6) is 5.75 Å². The number of hydrogen-bond acceptors (Lipinski definition) is 5. The standard InChI is InChI=1S/C24H23N3O3S/c1-4-30-20-8-6-5-7-19(20)26-21(28)12-27-14-25-23-22(24(27)29)18(13-31-23)17-10-9-15(2)11-16(17)3/h5-11,13-14H,4,12H2,1-3H3,(H,26,28). The molecule has 0 saturated heterocycles. The smallest absolute Gasteiger partial charge is 0.263 e. The van der Waals surface area contributed by atoms with E-state index in [0.29, 0.717) is 28.3 Å². The highest BCUT2D eigenvalue weighted by Crippen LogP contribution is 2.33. The first kappa shape index (κ1) is 20.8. The summed E-state index contributed by atoms with van der Waals surface area (Å²) in [4.78, 5) is 31.0. The first-order valence-electron chi connectivity index (χ1n) is 10.0. The molecule has 0 bridgehead atoms. The Morgan fingerprint density at radius 3 is 2.74 bits per heavy atom. The summed E-state index contributed by atoms with van der Waals surface area (Å²) in [6, 6.07) is 13.4. The molecule has 4 rings (SSSR count). The van der Waals surface area contributed by atoms with Crippen LogP contribution in [-0.4, -0.2) is 22.1 Å². The Morgan fingerprint density at radius 2 is 1.97 bits per heavy atom. The number of anilines is 1. The van der Waals surface area contributed by atoms with Gasteiger partial charge in [-0.2, -0.15) is 0 Å². The average Bonchev–Trinajstić information content (AvgIpc) is 3.16. The van der Waals surface area contributed by atoms with Crippen LogP contribution >= 0.6 is 11.3 Å². The molecule has 1 N–H and O–H groups in total. The van der Waals surface area contributed by atoms with Crippen molar-refractivity contribution in [3.05, 3.63) is 75.7 Å². The van der Waals surface area contributed by atoms with Crippen LogP contribution in [0.3, 0.4) is 0 Å². The summed E-state index contributed by atoms with van der Waals surface area (Å²) in [5, 5.41) is 5.33. The van der Waals surface area contributed by atoms with Crippen LogP contribution in [0.1, 0.15) is 18.1 Å². The van der Waals surface area contributed by atoms with Crippen molar-refractivity contribution in [2.24, 2.45) is 0 Å². The first-order valence-corrected chi connectivity index (χ1v) is 10.9. The van der Waals surface area contributed by atoms with Gasteiger partial charge in [0.15, 0.2) is 0 Å². The minimum absolute atomic E-state index is 0.135.